The van der Waals surface area contributed by atoms with Gasteiger partial charge in [-0.1, -0.05) is 124 Å². The van der Waals surface area contributed by atoms with Gasteiger partial charge in [-0.2, -0.15) is 0 Å². The SMILES string of the molecule is C=C(CC1=CCCC1C1=Cc2cc(CC3CCCCC3)ccc2C1)C1=CC2C=CC=CC2C=C1CC. The van der Waals surface area contributed by atoms with Crippen LogP contribution in [-0.4, -0.2) is 0 Å². The van der Waals surface area contributed by atoms with Gasteiger partial charge in [-0.05, 0) is 77.9 Å². The molecule has 36 heavy (non-hydrogen) atoms. The van der Waals surface area contributed by atoms with E-state index < -0.39 is 0 Å². The molecule has 0 radical (unpaired) electrons. The lowest BCUT2D eigenvalue weighted by atomic mass is 9.76. The van der Waals surface area contributed by atoms with E-state index >= 15 is 0 Å². The summed E-state index contributed by atoms with van der Waals surface area (Å²) in [6.07, 6.45) is 33.3. The van der Waals surface area contributed by atoms with Gasteiger partial charge in [-0.15, -0.1) is 0 Å². The average molecular weight is 475 g/mol. The van der Waals surface area contributed by atoms with Gasteiger partial charge in [0.2, 0.25) is 0 Å². The molecule has 1 fully saturated rings. The third-order valence-corrected chi connectivity index (χ3v) is 9.45. The molecular formula is C36H42. The Hall–Kier alpha value is -2.60. The van der Waals surface area contributed by atoms with Crippen LogP contribution in [0.3, 0.4) is 0 Å². The molecule has 0 heterocycles. The summed E-state index contributed by atoms with van der Waals surface area (Å²) in [5.41, 5.74) is 12.1. The van der Waals surface area contributed by atoms with Crippen molar-refractivity contribution in [2.24, 2.45) is 23.7 Å². The van der Waals surface area contributed by atoms with Crippen molar-refractivity contribution in [3.63, 3.8) is 0 Å². The van der Waals surface area contributed by atoms with Crippen molar-refractivity contribution in [1.82, 2.24) is 0 Å². The number of rotatable bonds is 7. The molecule has 5 aliphatic rings. The van der Waals surface area contributed by atoms with Gasteiger partial charge in [-0.25, -0.2) is 0 Å². The lowest BCUT2D eigenvalue weighted by Gasteiger charge is -2.28. The minimum atomic E-state index is 0.486. The Bertz CT molecular complexity index is 1200. The smallest absolute Gasteiger partial charge is 0.00567 e. The molecule has 1 saturated carbocycles. The van der Waals surface area contributed by atoms with E-state index in [0.717, 1.165) is 25.2 Å². The van der Waals surface area contributed by atoms with Crippen LogP contribution in [0.5, 0.6) is 0 Å². The fraction of sp³-hybridized carbons (Fsp3) is 0.444. The van der Waals surface area contributed by atoms with Gasteiger partial charge in [0.05, 0.1) is 0 Å². The second-order valence-corrected chi connectivity index (χ2v) is 11.9. The van der Waals surface area contributed by atoms with Crippen molar-refractivity contribution >= 4 is 6.08 Å². The van der Waals surface area contributed by atoms with Crippen molar-refractivity contribution in [1.29, 1.82) is 0 Å². The molecule has 186 valence electrons. The predicted octanol–water partition coefficient (Wildman–Crippen LogP) is 9.67. The van der Waals surface area contributed by atoms with E-state index in [2.05, 4.69) is 80.3 Å². The van der Waals surface area contributed by atoms with Crippen LogP contribution in [0.15, 0.2) is 95.2 Å². The maximum atomic E-state index is 4.63. The third-order valence-electron chi connectivity index (χ3n) is 9.45. The molecule has 0 aromatic heterocycles. The molecule has 3 unspecified atom stereocenters. The van der Waals surface area contributed by atoms with Crippen LogP contribution in [0, 0.1) is 23.7 Å². The molecular weight excluding hydrogens is 432 g/mol. The van der Waals surface area contributed by atoms with Crippen LogP contribution in [0.25, 0.3) is 6.08 Å². The molecule has 5 aliphatic carbocycles. The topological polar surface area (TPSA) is 0 Å². The number of allylic oxidation sites excluding steroid dienone is 12. The second-order valence-electron chi connectivity index (χ2n) is 11.9. The fourth-order valence-electron chi connectivity index (χ4n) is 7.46. The Morgan fingerprint density at radius 3 is 2.58 bits per heavy atom. The number of fused-ring (bicyclic) bond motifs is 2. The third kappa shape index (κ3) is 4.84. The Labute approximate surface area is 219 Å². The Morgan fingerprint density at radius 1 is 0.972 bits per heavy atom. The van der Waals surface area contributed by atoms with Crippen LogP contribution in [0.2, 0.25) is 0 Å². The highest BCUT2D eigenvalue weighted by Crippen LogP contribution is 2.44. The summed E-state index contributed by atoms with van der Waals surface area (Å²) in [7, 11) is 0. The van der Waals surface area contributed by atoms with Crippen LogP contribution >= 0.6 is 0 Å². The average Bonchev–Trinajstić information content (AvgIpc) is 3.54. The van der Waals surface area contributed by atoms with E-state index in [-0.39, 0.29) is 0 Å². The highest BCUT2D eigenvalue weighted by Gasteiger charge is 2.29. The van der Waals surface area contributed by atoms with Crippen molar-refractivity contribution < 1.29 is 0 Å². The van der Waals surface area contributed by atoms with E-state index in [9.17, 15) is 0 Å². The first-order valence-corrected chi connectivity index (χ1v) is 14.6. The molecule has 6 rings (SSSR count). The minimum Gasteiger partial charge on any atom is -0.0949 e. The van der Waals surface area contributed by atoms with E-state index in [1.807, 2.05) is 0 Å². The van der Waals surface area contributed by atoms with Crippen molar-refractivity contribution in [2.75, 3.05) is 0 Å². The summed E-state index contributed by atoms with van der Waals surface area (Å²) in [4.78, 5) is 0. The molecule has 1 aromatic carbocycles. The first kappa shape index (κ1) is 23.8. The van der Waals surface area contributed by atoms with Gasteiger partial charge >= 0.3 is 0 Å². The maximum Gasteiger partial charge on any atom is 0.00567 e. The summed E-state index contributed by atoms with van der Waals surface area (Å²) in [5.74, 6) is 2.51. The first-order chi connectivity index (χ1) is 17.7. The van der Waals surface area contributed by atoms with Crippen LogP contribution < -0.4 is 0 Å². The Morgan fingerprint density at radius 2 is 1.78 bits per heavy atom. The quantitative estimate of drug-likeness (QED) is 0.345. The Kier molecular flexibility index (Phi) is 6.87. The zero-order chi connectivity index (χ0) is 24.5. The molecule has 0 N–H and O–H groups in total. The van der Waals surface area contributed by atoms with Crippen LogP contribution in [0.4, 0.5) is 0 Å². The number of hydrogen-bond donors (Lipinski definition) is 0. The monoisotopic (exact) mass is 474 g/mol. The van der Waals surface area contributed by atoms with Gasteiger partial charge in [0.15, 0.2) is 0 Å². The predicted molar refractivity (Wildman–Crippen MR) is 155 cm³/mol. The van der Waals surface area contributed by atoms with Crippen molar-refractivity contribution in [3.05, 3.63) is 112 Å². The van der Waals surface area contributed by atoms with E-state index in [0.29, 0.717) is 17.8 Å². The summed E-state index contributed by atoms with van der Waals surface area (Å²) in [6, 6.07) is 7.37. The first-order valence-electron chi connectivity index (χ1n) is 14.6. The van der Waals surface area contributed by atoms with Crippen LogP contribution in [0.1, 0.15) is 81.4 Å². The molecule has 3 atom stereocenters. The molecule has 0 aliphatic heterocycles. The molecule has 0 nitrogen and oxygen atoms in total. The van der Waals surface area contributed by atoms with Crippen molar-refractivity contribution in [2.45, 2.75) is 77.6 Å². The molecule has 0 heteroatoms. The van der Waals surface area contributed by atoms with Crippen LogP contribution in [-0.2, 0) is 12.8 Å². The van der Waals surface area contributed by atoms with Gasteiger partial charge in [0, 0.05) is 17.8 Å². The zero-order valence-electron chi connectivity index (χ0n) is 22.1. The normalized spacial score (nSPS) is 27.2. The summed E-state index contributed by atoms with van der Waals surface area (Å²) in [5, 5.41) is 0. The largest absolute Gasteiger partial charge is 0.0949 e. The highest BCUT2D eigenvalue weighted by molar-refractivity contribution is 5.66. The van der Waals surface area contributed by atoms with E-state index in [1.54, 1.807) is 16.7 Å². The van der Waals surface area contributed by atoms with Gasteiger partial charge < -0.3 is 0 Å². The summed E-state index contributed by atoms with van der Waals surface area (Å²) < 4.78 is 0. The molecule has 0 bridgehead atoms. The zero-order valence-corrected chi connectivity index (χ0v) is 22.1. The Balaban J connectivity index is 1.15. The van der Waals surface area contributed by atoms with Crippen molar-refractivity contribution in [3.8, 4) is 0 Å². The standard InChI is InChI=1S/C36H42/c1-3-28-21-29-12-7-8-13-30(29)24-36(28)25(2)18-32-14-9-15-35(32)34-22-31-17-16-27(20-33(31)23-34)19-26-10-5-4-6-11-26/h7-8,12-14,16-17,20-21,23-24,26,29-30,35H,2-6,9-11,15,18-19,22H2,1H3. The van der Waals surface area contributed by atoms with Gasteiger partial charge in [-0.3, -0.25) is 0 Å². The minimum absolute atomic E-state index is 0.486. The van der Waals surface area contributed by atoms with E-state index in [4.69, 9.17) is 0 Å². The van der Waals surface area contributed by atoms with Gasteiger partial charge in [0.1, 0.15) is 0 Å². The van der Waals surface area contributed by atoms with Gasteiger partial charge in [0.25, 0.3) is 0 Å². The highest BCUT2D eigenvalue weighted by atomic mass is 14.3. The molecule has 0 spiro atoms. The second kappa shape index (κ2) is 10.4. The molecule has 0 amide bonds. The lowest BCUT2D eigenvalue weighted by molar-refractivity contribution is 0.356. The summed E-state index contributed by atoms with van der Waals surface area (Å²) in [6.45, 7) is 6.92. The molecule has 1 aromatic rings. The number of hydrogen-bond acceptors (Lipinski definition) is 0. The summed E-state index contributed by atoms with van der Waals surface area (Å²) >= 11 is 0. The maximum absolute atomic E-state index is 4.63. The fourth-order valence-corrected chi connectivity index (χ4v) is 7.46. The number of benzene rings is 1. The lowest BCUT2D eigenvalue weighted by Crippen LogP contribution is -2.15. The van der Waals surface area contributed by atoms with E-state index in [1.165, 1.54) is 79.2 Å². The molecule has 0 saturated heterocycles.